The van der Waals surface area contributed by atoms with E-state index >= 15 is 0 Å². The van der Waals surface area contributed by atoms with Gasteiger partial charge in [-0.15, -0.1) is 0 Å². The number of rotatable bonds is 5. The molecular weight excluding hydrogens is 314 g/mol. The largest absolute Gasteiger partial charge is 0.351 e. The van der Waals surface area contributed by atoms with E-state index in [0.717, 1.165) is 19.6 Å². The van der Waals surface area contributed by atoms with Gasteiger partial charge < -0.3 is 10.2 Å². The SMILES string of the molecule is CC1CC(C)CN(CCNC(=O)c2cccc(S(N)(=O)=O)c2)C1. The number of carbonyl (C=O) groups excluding carboxylic acids is 1. The van der Waals surface area contributed by atoms with Gasteiger partial charge in [0.1, 0.15) is 0 Å². The predicted octanol–water partition coefficient (Wildman–Crippen LogP) is 1.04. The number of nitrogens with one attached hydrogen (secondary N) is 1. The van der Waals surface area contributed by atoms with E-state index in [0.29, 0.717) is 23.9 Å². The number of primary sulfonamides is 1. The van der Waals surface area contributed by atoms with Gasteiger partial charge in [0.05, 0.1) is 4.90 Å². The summed E-state index contributed by atoms with van der Waals surface area (Å²) in [6, 6.07) is 5.77. The highest BCUT2D eigenvalue weighted by atomic mass is 32.2. The Hall–Kier alpha value is -1.44. The first-order valence-electron chi connectivity index (χ1n) is 7.89. The molecule has 1 saturated heterocycles. The zero-order valence-electron chi connectivity index (χ0n) is 13.7. The summed E-state index contributed by atoms with van der Waals surface area (Å²) in [5, 5.41) is 7.92. The molecule has 3 N–H and O–H groups in total. The van der Waals surface area contributed by atoms with Crippen LogP contribution in [0.2, 0.25) is 0 Å². The summed E-state index contributed by atoms with van der Waals surface area (Å²) in [6.07, 6.45) is 1.25. The molecule has 0 radical (unpaired) electrons. The van der Waals surface area contributed by atoms with E-state index in [1.807, 2.05) is 0 Å². The molecule has 7 heteroatoms. The first-order valence-corrected chi connectivity index (χ1v) is 9.43. The van der Waals surface area contributed by atoms with Crippen molar-refractivity contribution in [2.24, 2.45) is 17.0 Å². The molecule has 2 atom stereocenters. The van der Waals surface area contributed by atoms with Crippen LogP contribution >= 0.6 is 0 Å². The second-order valence-corrected chi connectivity index (χ2v) is 8.10. The zero-order chi connectivity index (χ0) is 17.0. The second kappa shape index (κ2) is 7.42. The molecule has 1 aliphatic rings. The van der Waals surface area contributed by atoms with Gasteiger partial charge in [-0.05, 0) is 36.5 Å². The molecule has 0 bridgehead atoms. The van der Waals surface area contributed by atoms with E-state index in [1.54, 1.807) is 6.07 Å². The van der Waals surface area contributed by atoms with Crippen molar-refractivity contribution in [2.45, 2.75) is 25.2 Å². The molecule has 0 spiro atoms. The van der Waals surface area contributed by atoms with Gasteiger partial charge in [0, 0.05) is 31.7 Å². The van der Waals surface area contributed by atoms with Crippen LogP contribution in [0.4, 0.5) is 0 Å². The number of amides is 1. The quantitative estimate of drug-likeness (QED) is 0.838. The maximum atomic E-state index is 12.1. The number of hydrogen-bond acceptors (Lipinski definition) is 4. The molecule has 0 saturated carbocycles. The molecule has 6 nitrogen and oxygen atoms in total. The average molecular weight is 339 g/mol. The first kappa shape index (κ1) is 17.9. The lowest BCUT2D eigenvalue weighted by Crippen LogP contribution is -2.42. The van der Waals surface area contributed by atoms with Crippen LogP contribution in [0, 0.1) is 11.8 Å². The fraction of sp³-hybridized carbons (Fsp3) is 0.562. The molecule has 1 fully saturated rings. The summed E-state index contributed by atoms with van der Waals surface area (Å²) in [7, 11) is -3.80. The number of hydrogen-bond donors (Lipinski definition) is 2. The predicted molar refractivity (Wildman–Crippen MR) is 89.5 cm³/mol. The van der Waals surface area contributed by atoms with Gasteiger partial charge in [-0.3, -0.25) is 4.79 Å². The Labute approximate surface area is 138 Å². The van der Waals surface area contributed by atoms with Crippen molar-refractivity contribution in [3.63, 3.8) is 0 Å². The molecule has 23 heavy (non-hydrogen) atoms. The second-order valence-electron chi connectivity index (χ2n) is 6.53. The van der Waals surface area contributed by atoms with Crippen LogP contribution in [0.1, 0.15) is 30.6 Å². The van der Waals surface area contributed by atoms with Crippen LogP contribution in [0.15, 0.2) is 29.2 Å². The van der Waals surface area contributed by atoms with Gasteiger partial charge in [-0.25, -0.2) is 13.6 Å². The Morgan fingerprint density at radius 2 is 1.96 bits per heavy atom. The minimum absolute atomic E-state index is 0.0520. The lowest BCUT2D eigenvalue weighted by atomic mass is 9.92. The zero-order valence-corrected chi connectivity index (χ0v) is 14.5. The van der Waals surface area contributed by atoms with Crippen molar-refractivity contribution in [3.05, 3.63) is 29.8 Å². The standard InChI is InChI=1S/C16H25N3O3S/c1-12-8-13(2)11-19(10-12)7-6-18-16(20)14-4-3-5-15(9-14)23(17,21)22/h3-5,9,12-13H,6-8,10-11H2,1-2H3,(H,18,20)(H2,17,21,22). The lowest BCUT2D eigenvalue weighted by molar-refractivity contribution is 0.0936. The van der Waals surface area contributed by atoms with Crippen LogP contribution in [-0.4, -0.2) is 45.4 Å². The Balaban J connectivity index is 1.88. The van der Waals surface area contributed by atoms with Crippen molar-refractivity contribution in [3.8, 4) is 0 Å². The van der Waals surface area contributed by atoms with E-state index in [1.165, 1.54) is 24.6 Å². The molecule has 1 amide bonds. The summed E-state index contributed by atoms with van der Waals surface area (Å²) in [6.45, 7) is 7.95. The molecule has 128 valence electrons. The highest BCUT2D eigenvalue weighted by molar-refractivity contribution is 7.89. The van der Waals surface area contributed by atoms with Crippen LogP contribution in [0.25, 0.3) is 0 Å². The third-order valence-electron chi connectivity index (χ3n) is 4.08. The number of carbonyl (C=O) groups is 1. The molecule has 1 aromatic rings. The van der Waals surface area contributed by atoms with Crippen LogP contribution < -0.4 is 10.5 Å². The summed E-state index contributed by atoms with van der Waals surface area (Å²) >= 11 is 0. The summed E-state index contributed by atoms with van der Waals surface area (Å²) < 4.78 is 22.7. The van der Waals surface area contributed by atoms with E-state index in [4.69, 9.17) is 5.14 Å². The molecule has 2 rings (SSSR count). The number of benzene rings is 1. The van der Waals surface area contributed by atoms with E-state index in [-0.39, 0.29) is 10.8 Å². The number of nitrogens with zero attached hydrogens (tertiary/aromatic N) is 1. The maximum Gasteiger partial charge on any atom is 0.251 e. The number of likely N-dealkylation sites (tertiary alicyclic amines) is 1. The Morgan fingerprint density at radius 1 is 1.30 bits per heavy atom. The highest BCUT2D eigenvalue weighted by Gasteiger charge is 2.21. The fourth-order valence-corrected chi connectivity index (χ4v) is 3.78. The third kappa shape index (κ3) is 5.30. The average Bonchev–Trinajstić information content (AvgIpc) is 2.45. The van der Waals surface area contributed by atoms with Crippen molar-refractivity contribution in [1.29, 1.82) is 0 Å². The van der Waals surface area contributed by atoms with Crippen molar-refractivity contribution in [2.75, 3.05) is 26.2 Å². The van der Waals surface area contributed by atoms with Gasteiger partial charge in [0.25, 0.3) is 5.91 Å². The molecule has 0 aliphatic carbocycles. The summed E-state index contributed by atoms with van der Waals surface area (Å²) in [4.78, 5) is 14.4. The topological polar surface area (TPSA) is 92.5 Å². The Kier molecular flexibility index (Phi) is 5.78. The smallest absolute Gasteiger partial charge is 0.251 e. The van der Waals surface area contributed by atoms with E-state index in [9.17, 15) is 13.2 Å². The molecule has 0 aromatic heterocycles. The number of sulfonamides is 1. The van der Waals surface area contributed by atoms with E-state index < -0.39 is 10.0 Å². The Bertz CT molecular complexity index is 650. The molecule has 1 aromatic carbocycles. The van der Waals surface area contributed by atoms with Crippen LogP contribution in [0.5, 0.6) is 0 Å². The molecule has 1 aliphatic heterocycles. The van der Waals surface area contributed by atoms with Gasteiger partial charge in [-0.1, -0.05) is 19.9 Å². The number of nitrogens with two attached hydrogens (primary N) is 1. The Morgan fingerprint density at radius 3 is 2.57 bits per heavy atom. The van der Waals surface area contributed by atoms with Crippen molar-refractivity contribution in [1.82, 2.24) is 10.2 Å². The van der Waals surface area contributed by atoms with Crippen molar-refractivity contribution < 1.29 is 13.2 Å². The molecule has 2 unspecified atom stereocenters. The summed E-state index contributed by atoms with van der Waals surface area (Å²) in [5.74, 6) is 1.08. The maximum absolute atomic E-state index is 12.1. The minimum Gasteiger partial charge on any atom is -0.351 e. The fourth-order valence-electron chi connectivity index (χ4n) is 3.22. The van der Waals surface area contributed by atoms with Crippen molar-refractivity contribution >= 4 is 15.9 Å². The monoisotopic (exact) mass is 339 g/mol. The van der Waals surface area contributed by atoms with Crippen LogP contribution in [0.3, 0.4) is 0 Å². The normalized spacial score (nSPS) is 22.7. The molecule has 1 heterocycles. The number of piperidine rings is 1. The summed E-state index contributed by atoms with van der Waals surface area (Å²) in [5.41, 5.74) is 0.303. The first-order chi connectivity index (χ1) is 10.8. The van der Waals surface area contributed by atoms with Gasteiger partial charge in [0.2, 0.25) is 10.0 Å². The minimum atomic E-state index is -3.80. The van der Waals surface area contributed by atoms with Gasteiger partial charge in [-0.2, -0.15) is 0 Å². The van der Waals surface area contributed by atoms with Gasteiger partial charge in [0.15, 0.2) is 0 Å². The van der Waals surface area contributed by atoms with Crippen LogP contribution in [-0.2, 0) is 10.0 Å². The van der Waals surface area contributed by atoms with E-state index in [2.05, 4.69) is 24.1 Å². The lowest BCUT2D eigenvalue weighted by Gasteiger charge is -2.34. The van der Waals surface area contributed by atoms with Gasteiger partial charge >= 0.3 is 0 Å². The molecular formula is C16H25N3O3S. The third-order valence-corrected chi connectivity index (χ3v) is 4.99. The highest BCUT2D eigenvalue weighted by Crippen LogP contribution is 2.20.